The molecule has 1 unspecified atom stereocenters. The molecule has 0 saturated heterocycles. The maximum absolute atomic E-state index is 12.3. The first-order valence-electron chi connectivity index (χ1n) is 11.2. The van der Waals surface area contributed by atoms with Crippen molar-refractivity contribution in [2.45, 2.75) is 19.1 Å². The van der Waals surface area contributed by atoms with Gasteiger partial charge in [-0.1, -0.05) is 59.8 Å². The zero-order valence-corrected chi connectivity index (χ0v) is 20.6. The van der Waals surface area contributed by atoms with E-state index in [2.05, 4.69) is 49.6 Å². The molecule has 180 valence electrons. The highest BCUT2D eigenvalue weighted by molar-refractivity contribution is 9.18. The first kappa shape index (κ1) is 24.4. The Bertz CT molecular complexity index is 1230. The van der Waals surface area contributed by atoms with Crippen LogP contribution in [0.1, 0.15) is 17.5 Å². The molecule has 2 aliphatic heterocycles. The summed E-state index contributed by atoms with van der Waals surface area (Å²) in [5.74, 6) is 0. The van der Waals surface area contributed by atoms with Crippen LogP contribution in [-0.4, -0.2) is 52.7 Å². The highest BCUT2D eigenvalue weighted by Gasteiger charge is 2.21. The number of halogens is 1. The fourth-order valence-electron chi connectivity index (χ4n) is 3.67. The molecular weight excluding hydrogens is 512 g/mol. The number of nitrogens with zero attached hydrogens (tertiary/aromatic N) is 3. The number of carbonyl (C=O) groups is 2. The van der Waals surface area contributed by atoms with E-state index in [0.29, 0.717) is 26.0 Å². The predicted octanol–water partition coefficient (Wildman–Crippen LogP) is 4.50. The average molecular weight is 537 g/mol. The highest BCUT2D eigenvalue weighted by Crippen LogP contribution is 2.21. The summed E-state index contributed by atoms with van der Waals surface area (Å²) in [6.45, 7) is 1.91. The number of nitrogens with one attached hydrogen (secondary N) is 1. The van der Waals surface area contributed by atoms with Crippen molar-refractivity contribution >= 4 is 49.5 Å². The fraction of sp³-hybridized carbons (Fsp3) is 0.231. The molecule has 8 nitrogen and oxygen atoms in total. The molecule has 2 aromatic carbocycles. The Balaban J connectivity index is 0.000000243. The number of para-hydroxylation sites is 1. The molecule has 0 radical (unpaired) electrons. The van der Waals surface area contributed by atoms with E-state index in [-0.39, 0.29) is 18.8 Å². The summed E-state index contributed by atoms with van der Waals surface area (Å²) in [7, 11) is 0. The summed E-state index contributed by atoms with van der Waals surface area (Å²) < 4.78 is 6.26. The van der Waals surface area contributed by atoms with Crippen molar-refractivity contribution in [1.82, 2.24) is 15.2 Å². The Hall–Kier alpha value is -3.72. The Morgan fingerprint density at radius 2 is 2.00 bits per heavy atom. The normalized spacial score (nSPS) is 16.5. The van der Waals surface area contributed by atoms with E-state index < -0.39 is 0 Å². The van der Waals surface area contributed by atoms with E-state index in [1.54, 1.807) is 11.1 Å². The fourth-order valence-corrected chi connectivity index (χ4v) is 4.12. The molecule has 0 fully saturated rings. The van der Waals surface area contributed by atoms with Crippen molar-refractivity contribution in [2.75, 3.05) is 19.6 Å². The van der Waals surface area contributed by atoms with Crippen molar-refractivity contribution in [3.05, 3.63) is 84.1 Å². The number of pyridine rings is 1. The molecule has 0 aliphatic carbocycles. The van der Waals surface area contributed by atoms with Crippen LogP contribution in [0.3, 0.4) is 0 Å². The largest absolute Gasteiger partial charge is 0.444 e. The van der Waals surface area contributed by atoms with E-state index in [1.807, 2.05) is 48.5 Å². The minimum Gasteiger partial charge on any atom is -0.444 e. The van der Waals surface area contributed by atoms with Crippen LogP contribution in [0, 0.1) is 0 Å². The highest BCUT2D eigenvalue weighted by atomic mass is 79.9. The molecule has 9 heteroatoms. The smallest absolute Gasteiger partial charge is 0.410 e. The van der Waals surface area contributed by atoms with Gasteiger partial charge in [0.2, 0.25) is 6.41 Å². The molecule has 2 amide bonds. The first-order valence-corrected chi connectivity index (χ1v) is 12.0. The summed E-state index contributed by atoms with van der Waals surface area (Å²) in [4.78, 5) is 33.1. The van der Waals surface area contributed by atoms with Gasteiger partial charge < -0.3 is 19.8 Å². The molecule has 1 atom stereocenters. The SMILES string of the molecule is O=C(OCc1cnc2ccccc2c1)N1CC=C(c2ccccc2)C1.O=CNCC1CC(Br)=NO1. The number of hydrogen-bond acceptors (Lipinski definition) is 6. The molecule has 2 aliphatic rings. The number of amides is 2. The predicted molar refractivity (Wildman–Crippen MR) is 138 cm³/mol. The van der Waals surface area contributed by atoms with Crippen LogP contribution in [0.15, 0.2) is 78.1 Å². The van der Waals surface area contributed by atoms with Gasteiger partial charge in [-0.3, -0.25) is 9.78 Å². The van der Waals surface area contributed by atoms with Crippen LogP contribution in [-0.2, 0) is 21.0 Å². The summed E-state index contributed by atoms with van der Waals surface area (Å²) in [6.07, 6.45) is 4.92. The van der Waals surface area contributed by atoms with Crippen LogP contribution in [0.25, 0.3) is 16.5 Å². The molecule has 5 rings (SSSR count). The molecule has 3 heterocycles. The summed E-state index contributed by atoms with van der Waals surface area (Å²) in [5, 5.41) is 7.21. The molecular formula is C26H25BrN4O4. The van der Waals surface area contributed by atoms with Crippen LogP contribution in [0.2, 0.25) is 0 Å². The number of carbonyl (C=O) groups excluding carboxylic acids is 2. The number of oxime groups is 1. The Morgan fingerprint density at radius 1 is 1.20 bits per heavy atom. The molecule has 1 aromatic heterocycles. The van der Waals surface area contributed by atoms with Crippen molar-refractivity contribution < 1.29 is 19.2 Å². The number of benzene rings is 2. The van der Waals surface area contributed by atoms with Gasteiger partial charge in [0.05, 0.1) is 12.1 Å². The van der Waals surface area contributed by atoms with Crippen LogP contribution in [0.4, 0.5) is 4.79 Å². The number of aromatic nitrogens is 1. The van der Waals surface area contributed by atoms with Gasteiger partial charge in [-0.2, -0.15) is 0 Å². The average Bonchev–Trinajstić information content (AvgIpc) is 3.56. The standard InChI is InChI=1S/C21H18N2O2.C5H7BrN2O2/c24-21(23-11-10-19(14-23)17-6-2-1-3-7-17)25-15-16-12-18-8-4-5-9-20(18)22-13-16;6-5-1-4(10-8-5)2-7-3-9/h1-10,12-13H,11,14-15H2;3-4H,1-2H2,(H,7,9). The Kier molecular flexibility index (Phi) is 8.45. The van der Waals surface area contributed by atoms with E-state index in [4.69, 9.17) is 9.57 Å². The summed E-state index contributed by atoms with van der Waals surface area (Å²) in [5.41, 5.74) is 4.14. The van der Waals surface area contributed by atoms with E-state index in [1.165, 1.54) is 0 Å². The van der Waals surface area contributed by atoms with Crippen molar-refractivity contribution in [3.63, 3.8) is 0 Å². The topological polar surface area (TPSA) is 93.1 Å². The lowest BCUT2D eigenvalue weighted by Gasteiger charge is -2.16. The third-order valence-corrected chi connectivity index (χ3v) is 5.93. The van der Waals surface area contributed by atoms with Crippen LogP contribution >= 0.6 is 15.9 Å². The number of rotatable bonds is 6. The van der Waals surface area contributed by atoms with E-state index in [9.17, 15) is 9.59 Å². The van der Waals surface area contributed by atoms with Gasteiger partial charge >= 0.3 is 6.09 Å². The number of ether oxygens (including phenoxy) is 1. The van der Waals surface area contributed by atoms with Crippen molar-refractivity contribution in [3.8, 4) is 0 Å². The van der Waals surface area contributed by atoms with Crippen molar-refractivity contribution in [1.29, 1.82) is 0 Å². The van der Waals surface area contributed by atoms with Crippen LogP contribution < -0.4 is 5.32 Å². The van der Waals surface area contributed by atoms with Gasteiger partial charge in [-0.05, 0) is 39.2 Å². The molecule has 0 bridgehead atoms. The third kappa shape index (κ3) is 6.89. The van der Waals surface area contributed by atoms with Crippen LogP contribution in [0.5, 0.6) is 0 Å². The molecule has 0 saturated carbocycles. The first-order chi connectivity index (χ1) is 17.1. The van der Waals surface area contributed by atoms with Gasteiger partial charge in [-0.25, -0.2) is 4.79 Å². The van der Waals surface area contributed by atoms with Gasteiger partial charge in [0.15, 0.2) is 6.10 Å². The minimum atomic E-state index is -0.296. The zero-order chi connectivity index (χ0) is 24.5. The monoisotopic (exact) mass is 536 g/mol. The molecule has 35 heavy (non-hydrogen) atoms. The van der Waals surface area contributed by atoms with Gasteiger partial charge in [0.1, 0.15) is 11.2 Å². The lowest BCUT2D eigenvalue weighted by atomic mass is 10.1. The van der Waals surface area contributed by atoms with E-state index >= 15 is 0 Å². The maximum Gasteiger partial charge on any atom is 0.410 e. The Labute approximate surface area is 211 Å². The number of hydrogen-bond donors (Lipinski definition) is 1. The summed E-state index contributed by atoms with van der Waals surface area (Å²) in [6, 6.07) is 20.0. The second-order valence-electron chi connectivity index (χ2n) is 7.99. The van der Waals surface area contributed by atoms with Gasteiger partial charge in [0.25, 0.3) is 0 Å². The quantitative estimate of drug-likeness (QED) is 0.468. The molecule has 0 spiro atoms. The number of fused-ring (bicyclic) bond motifs is 1. The minimum absolute atomic E-state index is 0.000394. The second kappa shape index (κ2) is 12.1. The maximum atomic E-state index is 12.3. The van der Waals surface area contributed by atoms with Gasteiger partial charge in [-0.15, -0.1) is 0 Å². The molecule has 3 aromatic rings. The van der Waals surface area contributed by atoms with E-state index in [0.717, 1.165) is 38.6 Å². The molecule has 1 N–H and O–H groups in total. The lowest BCUT2D eigenvalue weighted by molar-refractivity contribution is -0.110. The Morgan fingerprint density at radius 3 is 2.77 bits per heavy atom. The summed E-state index contributed by atoms with van der Waals surface area (Å²) >= 11 is 3.18. The van der Waals surface area contributed by atoms with Gasteiger partial charge in [0, 0.05) is 36.7 Å². The van der Waals surface area contributed by atoms with Crippen molar-refractivity contribution in [2.24, 2.45) is 5.16 Å². The second-order valence-corrected chi connectivity index (χ2v) is 8.91. The lowest BCUT2D eigenvalue weighted by Crippen LogP contribution is -2.29. The third-order valence-electron chi connectivity index (χ3n) is 5.46. The zero-order valence-electron chi connectivity index (χ0n) is 19.0.